The van der Waals surface area contributed by atoms with Gasteiger partial charge < -0.3 is 0 Å². The highest BCUT2D eigenvalue weighted by Crippen LogP contribution is 2.10. The Bertz CT molecular complexity index is 617. The Kier molecular flexibility index (Phi) is 4.04. The fraction of sp³-hybridized carbons (Fsp3) is 0. The summed E-state index contributed by atoms with van der Waals surface area (Å²) >= 11 is 5.76. The van der Waals surface area contributed by atoms with Crippen molar-refractivity contribution < 1.29 is 4.79 Å². The van der Waals surface area contributed by atoms with Crippen molar-refractivity contribution in [3.8, 4) is 0 Å². The molecule has 0 fully saturated rings. The maximum atomic E-state index is 11.6. The monoisotopic (exact) mass is 275 g/mol. The standard InChI is InChI=1S/C12H10ClN5O/c1-2-18-16-12(15-17-18)14-11(19)8-5-9-3-6-10(13)7-4-9/h2-8H,1H2,(H,14,16,19)/b8-5+. The lowest BCUT2D eigenvalue weighted by molar-refractivity contribution is -0.111. The summed E-state index contributed by atoms with van der Waals surface area (Å²) in [5, 5.41) is 14.2. The molecule has 0 saturated heterocycles. The van der Waals surface area contributed by atoms with Crippen molar-refractivity contribution in [1.29, 1.82) is 0 Å². The SMILES string of the molecule is C=Cn1nnc(NC(=O)/C=C/c2ccc(Cl)cc2)n1. The molecule has 0 unspecified atom stereocenters. The molecule has 1 amide bonds. The molecule has 0 atom stereocenters. The molecular weight excluding hydrogens is 266 g/mol. The number of nitrogens with zero attached hydrogens (tertiary/aromatic N) is 4. The summed E-state index contributed by atoms with van der Waals surface area (Å²) in [5.74, 6) is -0.232. The molecule has 0 spiro atoms. The molecule has 7 heteroatoms. The summed E-state index contributed by atoms with van der Waals surface area (Å²) in [7, 11) is 0. The largest absolute Gasteiger partial charge is 0.288 e. The van der Waals surface area contributed by atoms with Crippen LogP contribution in [0.5, 0.6) is 0 Å². The fourth-order valence-electron chi connectivity index (χ4n) is 1.25. The highest BCUT2D eigenvalue weighted by atomic mass is 35.5. The van der Waals surface area contributed by atoms with Crippen LogP contribution in [0.1, 0.15) is 5.56 Å². The minimum Gasteiger partial charge on any atom is -0.288 e. The second kappa shape index (κ2) is 5.92. The van der Waals surface area contributed by atoms with Gasteiger partial charge in [0.15, 0.2) is 0 Å². The van der Waals surface area contributed by atoms with Gasteiger partial charge in [-0.05, 0) is 29.0 Å². The number of anilines is 1. The first-order valence-electron chi connectivity index (χ1n) is 5.34. The van der Waals surface area contributed by atoms with E-state index in [-0.39, 0.29) is 11.9 Å². The van der Waals surface area contributed by atoms with Crippen LogP contribution < -0.4 is 5.32 Å². The zero-order chi connectivity index (χ0) is 13.7. The summed E-state index contributed by atoms with van der Waals surface area (Å²) in [5.41, 5.74) is 0.863. The van der Waals surface area contributed by atoms with Crippen molar-refractivity contribution in [3.63, 3.8) is 0 Å². The molecule has 96 valence electrons. The highest BCUT2D eigenvalue weighted by Gasteiger charge is 2.03. The number of tetrazole rings is 1. The van der Waals surface area contributed by atoms with Gasteiger partial charge in [0.1, 0.15) is 0 Å². The highest BCUT2D eigenvalue weighted by molar-refractivity contribution is 6.30. The number of benzene rings is 1. The van der Waals surface area contributed by atoms with Gasteiger partial charge in [0.25, 0.3) is 11.9 Å². The molecular formula is C12H10ClN5O. The maximum Gasteiger partial charge on any atom is 0.270 e. The third kappa shape index (κ3) is 3.75. The number of halogens is 1. The predicted octanol–water partition coefficient (Wildman–Crippen LogP) is 2.08. The van der Waals surface area contributed by atoms with Crippen molar-refractivity contribution >= 4 is 35.7 Å². The van der Waals surface area contributed by atoms with Gasteiger partial charge in [0.2, 0.25) is 0 Å². The first-order valence-corrected chi connectivity index (χ1v) is 5.72. The van der Waals surface area contributed by atoms with Crippen LogP contribution >= 0.6 is 11.6 Å². The molecule has 0 aliphatic heterocycles. The van der Waals surface area contributed by atoms with Gasteiger partial charge in [-0.15, -0.1) is 9.90 Å². The summed E-state index contributed by atoms with van der Waals surface area (Å²) in [6, 6.07) is 7.10. The lowest BCUT2D eigenvalue weighted by atomic mass is 10.2. The van der Waals surface area contributed by atoms with Crippen LogP contribution in [-0.2, 0) is 4.79 Å². The lowest BCUT2D eigenvalue weighted by Gasteiger charge is -1.95. The molecule has 0 aliphatic rings. The molecule has 6 nitrogen and oxygen atoms in total. The average molecular weight is 276 g/mol. The summed E-state index contributed by atoms with van der Waals surface area (Å²) < 4.78 is 0. The van der Waals surface area contributed by atoms with Gasteiger partial charge in [0.05, 0.1) is 0 Å². The van der Waals surface area contributed by atoms with Gasteiger partial charge in [-0.1, -0.05) is 35.4 Å². The van der Waals surface area contributed by atoms with E-state index < -0.39 is 0 Å². The lowest BCUT2D eigenvalue weighted by Crippen LogP contribution is -2.09. The Balaban J connectivity index is 1.97. The molecule has 19 heavy (non-hydrogen) atoms. The minimum atomic E-state index is -0.349. The zero-order valence-corrected chi connectivity index (χ0v) is 10.6. The molecule has 0 saturated carbocycles. The van der Waals surface area contributed by atoms with Crippen LogP contribution in [0.3, 0.4) is 0 Å². The predicted molar refractivity (Wildman–Crippen MR) is 73.3 cm³/mol. The smallest absolute Gasteiger partial charge is 0.270 e. The zero-order valence-electron chi connectivity index (χ0n) is 9.82. The molecule has 1 N–H and O–H groups in total. The van der Waals surface area contributed by atoms with E-state index in [0.717, 1.165) is 10.4 Å². The van der Waals surface area contributed by atoms with Crippen molar-refractivity contribution in [1.82, 2.24) is 20.2 Å². The number of carbonyl (C=O) groups is 1. The number of nitrogens with one attached hydrogen (secondary N) is 1. The van der Waals surface area contributed by atoms with Gasteiger partial charge in [-0.25, -0.2) is 0 Å². The van der Waals surface area contributed by atoms with Crippen molar-refractivity contribution in [2.75, 3.05) is 5.32 Å². The first kappa shape index (κ1) is 13.0. The maximum absolute atomic E-state index is 11.6. The van der Waals surface area contributed by atoms with E-state index in [0.29, 0.717) is 5.02 Å². The van der Waals surface area contributed by atoms with E-state index in [1.165, 1.54) is 12.3 Å². The molecule has 2 aromatic rings. The quantitative estimate of drug-likeness (QED) is 0.867. The van der Waals surface area contributed by atoms with Crippen LogP contribution in [0.15, 0.2) is 36.9 Å². The Morgan fingerprint density at radius 1 is 1.37 bits per heavy atom. The number of amides is 1. The molecule has 0 aliphatic carbocycles. The number of hydrogen-bond acceptors (Lipinski definition) is 4. The van der Waals surface area contributed by atoms with Crippen LogP contribution in [0.4, 0.5) is 5.95 Å². The molecule has 1 heterocycles. The molecule has 0 radical (unpaired) electrons. The Morgan fingerprint density at radius 2 is 2.11 bits per heavy atom. The number of carbonyl (C=O) groups excluding carboxylic acids is 1. The average Bonchev–Trinajstić information content (AvgIpc) is 2.86. The van der Waals surface area contributed by atoms with Crippen LogP contribution in [-0.4, -0.2) is 26.1 Å². The van der Waals surface area contributed by atoms with Crippen LogP contribution in [0, 0.1) is 0 Å². The first-order chi connectivity index (χ1) is 9.17. The minimum absolute atomic E-state index is 0.116. The molecule has 1 aromatic carbocycles. The van der Waals surface area contributed by atoms with E-state index in [9.17, 15) is 4.79 Å². The number of hydrogen-bond donors (Lipinski definition) is 1. The van der Waals surface area contributed by atoms with E-state index in [1.54, 1.807) is 30.3 Å². The summed E-state index contributed by atoms with van der Waals surface area (Å²) in [6.45, 7) is 3.47. The molecule has 2 rings (SSSR count). The topological polar surface area (TPSA) is 72.7 Å². The number of rotatable bonds is 4. The van der Waals surface area contributed by atoms with Crippen LogP contribution in [0.2, 0.25) is 5.02 Å². The fourth-order valence-corrected chi connectivity index (χ4v) is 1.38. The van der Waals surface area contributed by atoms with Gasteiger partial charge in [0, 0.05) is 17.3 Å². The normalized spacial score (nSPS) is 10.6. The third-order valence-corrected chi connectivity index (χ3v) is 2.38. The van der Waals surface area contributed by atoms with Gasteiger partial charge in [-0.3, -0.25) is 10.1 Å². The van der Waals surface area contributed by atoms with Gasteiger partial charge >= 0.3 is 0 Å². The number of aromatic nitrogens is 4. The van der Waals surface area contributed by atoms with E-state index in [1.807, 2.05) is 0 Å². The Labute approximate surface area is 114 Å². The van der Waals surface area contributed by atoms with E-state index in [4.69, 9.17) is 11.6 Å². The Morgan fingerprint density at radius 3 is 2.74 bits per heavy atom. The second-order valence-electron chi connectivity index (χ2n) is 3.49. The van der Waals surface area contributed by atoms with Crippen molar-refractivity contribution in [2.45, 2.75) is 0 Å². The van der Waals surface area contributed by atoms with Crippen molar-refractivity contribution in [2.24, 2.45) is 0 Å². The van der Waals surface area contributed by atoms with E-state index in [2.05, 4.69) is 27.3 Å². The Hall–Kier alpha value is -2.47. The van der Waals surface area contributed by atoms with Gasteiger partial charge in [-0.2, -0.15) is 0 Å². The van der Waals surface area contributed by atoms with Crippen molar-refractivity contribution in [3.05, 3.63) is 47.5 Å². The third-order valence-electron chi connectivity index (χ3n) is 2.12. The second-order valence-corrected chi connectivity index (χ2v) is 3.93. The summed E-state index contributed by atoms with van der Waals surface area (Å²) in [6.07, 6.45) is 4.40. The van der Waals surface area contributed by atoms with E-state index >= 15 is 0 Å². The molecule has 0 bridgehead atoms. The summed E-state index contributed by atoms with van der Waals surface area (Å²) in [4.78, 5) is 12.7. The molecule has 1 aromatic heterocycles. The van der Waals surface area contributed by atoms with Crippen LogP contribution in [0.25, 0.3) is 12.3 Å².